The Bertz CT molecular complexity index is 758. The van der Waals surface area contributed by atoms with Gasteiger partial charge in [0.1, 0.15) is 0 Å². The average molecular weight is 343 g/mol. The van der Waals surface area contributed by atoms with E-state index in [0.29, 0.717) is 37.3 Å². The maximum absolute atomic E-state index is 12.7. The van der Waals surface area contributed by atoms with Crippen LogP contribution in [-0.2, 0) is 11.3 Å². The van der Waals surface area contributed by atoms with Gasteiger partial charge in [0.05, 0.1) is 13.1 Å². The molecule has 0 radical (unpaired) electrons. The molecular weight excluding hydrogens is 326 g/mol. The zero-order valence-corrected chi connectivity index (χ0v) is 13.4. The van der Waals surface area contributed by atoms with Crippen LogP contribution in [0.2, 0.25) is 0 Å². The molecule has 1 aliphatic heterocycles. The number of nitrogens with two attached hydrogens (primary N) is 1. The van der Waals surface area contributed by atoms with Gasteiger partial charge in [-0.15, -0.1) is 0 Å². The monoisotopic (exact) mass is 343 g/mol. The Morgan fingerprint density at radius 2 is 1.84 bits per heavy atom. The second-order valence-electron chi connectivity index (χ2n) is 5.50. The smallest absolute Gasteiger partial charge is 0.253 e. The Morgan fingerprint density at radius 3 is 2.44 bits per heavy atom. The summed E-state index contributed by atoms with van der Waals surface area (Å²) in [5, 5.41) is 6.99. The second kappa shape index (κ2) is 8.55. The SMILES string of the molecule is [N-]=[N+]=NCc1cc(N=[N+]=[N-])cc(C(=O)N2CCN(CC(N)=O)CC2)c1. The minimum absolute atomic E-state index is 0.0535. The zero-order chi connectivity index (χ0) is 18.2. The van der Waals surface area contributed by atoms with Crippen molar-refractivity contribution in [2.45, 2.75) is 6.54 Å². The number of hydrogen-bond acceptors (Lipinski definition) is 5. The first-order valence-corrected chi connectivity index (χ1v) is 7.53. The Kier molecular flexibility index (Phi) is 6.19. The Balaban J connectivity index is 2.15. The summed E-state index contributed by atoms with van der Waals surface area (Å²) in [6.45, 7) is 2.25. The molecule has 0 atom stereocenters. The molecule has 2 N–H and O–H groups in total. The first-order chi connectivity index (χ1) is 12.0. The summed E-state index contributed by atoms with van der Waals surface area (Å²) in [6, 6.07) is 4.68. The third kappa shape index (κ3) is 5.11. The van der Waals surface area contributed by atoms with Gasteiger partial charge in [-0.3, -0.25) is 14.5 Å². The van der Waals surface area contributed by atoms with Gasteiger partial charge >= 0.3 is 0 Å². The van der Waals surface area contributed by atoms with Crippen LogP contribution in [0.1, 0.15) is 15.9 Å². The molecule has 1 aromatic rings. The quantitative estimate of drug-likeness (QED) is 0.472. The summed E-state index contributed by atoms with van der Waals surface area (Å²) in [5.74, 6) is -0.611. The fourth-order valence-corrected chi connectivity index (χ4v) is 2.62. The number of piperazine rings is 1. The molecule has 25 heavy (non-hydrogen) atoms. The first kappa shape index (κ1) is 18.1. The van der Waals surface area contributed by atoms with E-state index in [0.717, 1.165) is 0 Å². The van der Waals surface area contributed by atoms with Crippen molar-refractivity contribution in [2.75, 3.05) is 32.7 Å². The molecule has 1 aromatic carbocycles. The summed E-state index contributed by atoms with van der Waals surface area (Å²) >= 11 is 0. The van der Waals surface area contributed by atoms with Crippen LogP contribution in [0.5, 0.6) is 0 Å². The molecule has 0 aromatic heterocycles. The molecule has 0 aliphatic carbocycles. The highest BCUT2D eigenvalue weighted by Gasteiger charge is 2.23. The Hall–Kier alpha value is -3.26. The van der Waals surface area contributed by atoms with Crippen LogP contribution in [0, 0.1) is 0 Å². The number of benzene rings is 1. The topological polar surface area (TPSA) is 164 Å². The number of primary amides is 1. The van der Waals surface area contributed by atoms with Gasteiger partial charge in [0.15, 0.2) is 0 Å². The Morgan fingerprint density at radius 1 is 1.12 bits per heavy atom. The minimum Gasteiger partial charge on any atom is -0.369 e. The molecule has 2 amide bonds. The van der Waals surface area contributed by atoms with Gasteiger partial charge in [-0.2, -0.15) is 0 Å². The van der Waals surface area contributed by atoms with E-state index in [1.165, 1.54) is 6.07 Å². The van der Waals surface area contributed by atoms with Crippen molar-refractivity contribution >= 4 is 17.5 Å². The molecule has 0 spiro atoms. The van der Waals surface area contributed by atoms with Crippen molar-refractivity contribution in [1.29, 1.82) is 0 Å². The predicted octanol–water partition coefficient (Wildman–Crippen LogP) is 1.68. The van der Waals surface area contributed by atoms with Gasteiger partial charge in [-0.05, 0) is 34.8 Å². The molecule has 0 saturated carbocycles. The lowest BCUT2D eigenvalue weighted by molar-refractivity contribution is -0.119. The van der Waals surface area contributed by atoms with E-state index in [9.17, 15) is 9.59 Å². The lowest BCUT2D eigenvalue weighted by Crippen LogP contribution is -2.50. The molecule has 11 heteroatoms. The fraction of sp³-hybridized carbons (Fsp3) is 0.429. The number of nitrogens with zero attached hydrogens (tertiary/aromatic N) is 8. The number of azide groups is 2. The van der Waals surface area contributed by atoms with Gasteiger partial charge < -0.3 is 10.6 Å². The van der Waals surface area contributed by atoms with Crippen molar-refractivity contribution in [3.8, 4) is 0 Å². The highest BCUT2D eigenvalue weighted by molar-refractivity contribution is 5.95. The molecule has 130 valence electrons. The van der Waals surface area contributed by atoms with Gasteiger partial charge in [0.25, 0.3) is 5.91 Å². The van der Waals surface area contributed by atoms with Crippen molar-refractivity contribution in [1.82, 2.24) is 9.80 Å². The van der Waals surface area contributed by atoms with Gasteiger partial charge in [-0.1, -0.05) is 10.2 Å². The molecule has 0 unspecified atom stereocenters. The van der Waals surface area contributed by atoms with Crippen LogP contribution in [0.25, 0.3) is 20.9 Å². The van der Waals surface area contributed by atoms with Crippen LogP contribution in [0.3, 0.4) is 0 Å². The maximum atomic E-state index is 12.7. The Labute approximate surface area is 143 Å². The number of amides is 2. The third-order valence-corrected chi connectivity index (χ3v) is 3.74. The molecule has 2 rings (SSSR count). The van der Waals surface area contributed by atoms with E-state index < -0.39 is 5.91 Å². The van der Waals surface area contributed by atoms with E-state index in [2.05, 4.69) is 20.1 Å². The van der Waals surface area contributed by atoms with Crippen molar-refractivity contribution < 1.29 is 9.59 Å². The summed E-state index contributed by atoms with van der Waals surface area (Å²) in [5.41, 5.74) is 23.4. The molecule has 1 saturated heterocycles. The summed E-state index contributed by atoms with van der Waals surface area (Å²) in [4.78, 5) is 32.6. The van der Waals surface area contributed by atoms with Crippen LogP contribution in [-0.4, -0.2) is 54.3 Å². The minimum atomic E-state index is -0.399. The van der Waals surface area contributed by atoms with Gasteiger partial charge in [-0.25, -0.2) is 0 Å². The molecule has 11 nitrogen and oxygen atoms in total. The molecule has 1 aliphatic rings. The highest BCUT2D eigenvalue weighted by Crippen LogP contribution is 2.21. The van der Waals surface area contributed by atoms with Crippen molar-refractivity contribution in [3.05, 3.63) is 50.2 Å². The van der Waals surface area contributed by atoms with E-state index in [1.54, 1.807) is 17.0 Å². The largest absolute Gasteiger partial charge is 0.369 e. The lowest BCUT2D eigenvalue weighted by atomic mass is 10.1. The number of carbonyl (C=O) groups is 2. The average Bonchev–Trinajstić information content (AvgIpc) is 2.59. The predicted molar refractivity (Wildman–Crippen MR) is 89.6 cm³/mol. The molecule has 0 bridgehead atoms. The summed E-state index contributed by atoms with van der Waals surface area (Å²) in [7, 11) is 0. The molecule has 1 fully saturated rings. The fourth-order valence-electron chi connectivity index (χ4n) is 2.62. The van der Waals surface area contributed by atoms with E-state index in [1.807, 2.05) is 4.90 Å². The van der Waals surface area contributed by atoms with Crippen LogP contribution >= 0.6 is 0 Å². The standard InChI is InChI=1S/C14H17N9O2/c15-13(24)9-22-1-3-23(4-2-22)14(25)11-5-10(8-18-20-16)6-12(7-11)19-21-17/h5-7H,1-4,8-9H2,(H2,15,24). The van der Waals surface area contributed by atoms with E-state index in [4.69, 9.17) is 16.8 Å². The first-order valence-electron chi connectivity index (χ1n) is 7.53. The zero-order valence-electron chi connectivity index (χ0n) is 13.4. The van der Waals surface area contributed by atoms with Crippen molar-refractivity contribution in [2.24, 2.45) is 16.0 Å². The maximum Gasteiger partial charge on any atom is 0.253 e. The summed E-state index contributed by atoms with van der Waals surface area (Å²) in [6.07, 6.45) is 0. The lowest BCUT2D eigenvalue weighted by Gasteiger charge is -2.34. The van der Waals surface area contributed by atoms with Crippen LogP contribution in [0.4, 0.5) is 5.69 Å². The van der Waals surface area contributed by atoms with E-state index in [-0.39, 0.29) is 24.7 Å². The van der Waals surface area contributed by atoms with Crippen LogP contribution < -0.4 is 5.73 Å². The molecule has 1 heterocycles. The summed E-state index contributed by atoms with van der Waals surface area (Å²) < 4.78 is 0. The molecular formula is C14H17N9O2. The normalized spacial score (nSPS) is 14.3. The second-order valence-corrected chi connectivity index (χ2v) is 5.50. The third-order valence-electron chi connectivity index (χ3n) is 3.74. The van der Waals surface area contributed by atoms with Crippen LogP contribution in [0.15, 0.2) is 28.4 Å². The van der Waals surface area contributed by atoms with Crippen molar-refractivity contribution in [3.63, 3.8) is 0 Å². The van der Waals surface area contributed by atoms with Gasteiger partial charge in [0.2, 0.25) is 5.91 Å². The van der Waals surface area contributed by atoms with Gasteiger partial charge in [0, 0.05) is 47.3 Å². The highest BCUT2D eigenvalue weighted by atomic mass is 16.2. The number of hydrogen-bond donors (Lipinski definition) is 1. The number of carbonyl (C=O) groups excluding carboxylic acids is 2. The number of rotatable bonds is 6. The van der Waals surface area contributed by atoms with E-state index >= 15 is 0 Å².